The predicted molar refractivity (Wildman–Crippen MR) is 93.4 cm³/mol. The number of Topliss-reactive ketones (excluding diaryl/α,β-unsaturated/α-hetero) is 1. The van der Waals surface area contributed by atoms with Crippen molar-refractivity contribution in [2.75, 3.05) is 20.0 Å². The molecule has 2 rings (SSSR count). The molecule has 2 aromatic carbocycles. The Bertz CT molecular complexity index is 830. The molecule has 0 aliphatic rings. The second-order valence-electron chi connectivity index (χ2n) is 4.95. The van der Waals surface area contributed by atoms with Gasteiger partial charge in [-0.05, 0) is 24.8 Å². The lowest BCUT2D eigenvalue weighted by atomic mass is 10.1. The van der Waals surface area contributed by atoms with E-state index in [-0.39, 0.29) is 10.6 Å². The van der Waals surface area contributed by atoms with Crippen molar-refractivity contribution in [3.8, 4) is 5.75 Å². The molecule has 2 aromatic rings. The zero-order chi connectivity index (χ0) is 17.7. The fourth-order valence-corrected chi connectivity index (χ4v) is 4.06. The molecule has 0 radical (unpaired) electrons. The Morgan fingerprint density at radius 1 is 1.12 bits per heavy atom. The number of aryl methyl sites for hydroxylation is 1. The van der Waals surface area contributed by atoms with Crippen molar-refractivity contribution in [3.63, 3.8) is 0 Å². The molecule has 24 heavy (non-hydrogen) atoms. The number of carbonyl (C=O) groups is 1. The first-order valence-corrected chi connectivity index (χ1v) is 9.73. The minimum atomic E-state index is -4.11. The first-order valence-electron chi connectivity index (χ1n) is 7.10. The van der Waals surface area contributed by atoms with E-state index < -0.39 is 22.5 Å². The summed E-state index contributed by atoms with van der Waals surface area (Å²) in [6, 6.07) is 11.5. The van der Waals surface area contributed by atoms with E-state index >= 15 is 0 Å². The molecule has 0 bridgehead atoms. The molecule has 0 saturated heterocycles. The molecule has 0 heterocycles. The molecule has 7 heteroatoms. The molecule has 0 aromatic heterocycles. The Kier molecular flexibility index (Phi) is 6.04. The van der Waals surface area contributed by atoms with Gasteiger partial charge in [-0.25, -0.2) is 0 Å². The van der Waals surface area contributed by atoms with E-state index in [0.717, 1.165) is 10.5 Å². The molecule has 0 fully saturated rings. The summed E-state index contributed by atoms with van der Waals surface area (Å²) >= 11 is 1.39. The quantitative estimate of drug-likeness (QED) is 0.425. The van der Waals surface area contributed by atoms with Gasteiger partial charge < -0.3 is 4.74 Å². The maximum Gasteiger partial charge on any atom is 0.301 e. The summed E-state index contributed by atoms with van der Waals surface area (Å²) in [6.45, 7) is 1.31. The number of methoxy groups -OCH3 is 1. The van der Waals surface area contributed by atoms with E-state index in [1.54, 1.807) is 36.4 Å². The highest BCUT2D eigenvalue weighted by molar-refractivity contribution is 7.98. The van der Waals surface area contributed by atoms with Crippen LogP contribution in [0.5, 0.6) is 5.75 Å². The normalized spacial score (nSPS) is 11.3. The SMILES string of the molecule is COc1c(S(=O)(=O)OCC(=O)c2ccccc2)ccc(C)c1SC. The van der Waals surface area contributed by atoms with Gasteiger partial charge in [0.05, 0.1) is 12.0 Å². The summed E-state index contributed by atoms with van der Waals surface area (Å²) in [4.78, 5) is 12.7. The number of hydrogen-bond acceptors (Lipinski definition) is 6. The van der Waals surface area contributed by atoms with Crippen LogP contribution in [0.1, 0.15) is 15.9 Å². The standard InChI is InChI=1S/C17H18O5S2/c1-12-9-10-15(16(21-2)17(12)23-3)24(19,20)22-11-14(18)13-7-5-4-6-8-13/h4-10H,11H2,1-3H3. The molecule has 0 saturated carbocycles. The molecule has 0 aliphatic carbocycles. The largest absolute Gasteiger partial charge is 0.494 e. The van der Waals surface area contributed by atoms with E-state index in [2.05, 4.69) is 0 Å². The topological polar surface area (TPSA) is 69.7 Å². The maximum absolute atomic E-state index is 12.5. The Labute approximate surface area is 146 Å². The van der Waals surface area contributed by atoms with E-state index in [0.29, 0.717) is 5.56 Å². The van der Waals surface area contributed by atoms with Gasteiger partial charge in [-0.15, -0.1) is 11.8 Å². The van der Waals surface area contributed by atoms with Crippen LogP contribution in [0.15, 0.2) is 52.3 Å². The minimum Gasteiger partial charge on any atom is -0.494 e. The maximum atomic E-state index is 12.5. The van der Waals surface area contributed by atoms with Gasteiger partial charge >= 0.3 is 10.1 Å². The molecule has 128 valence electrons. The van der Waals surface area contributed by atoms with Gasteiger partial charge in [-0.2, -0.15) is 8.42 Å². The Morgan fingerprint density at radius 3 is 2.38 bits per heavy atom. The number of thioether (sulfide) groups is 1. The van der Waals surface area contributed by atoms with Gasteiger partial charge in [-0.1, -0.05) is 36.4 Å². The molecule has 0 amide bonds. The van der Waals surface area contributed by atoms with Crippen LogP contribution in [0.4, 0.5) is 0 Å². The third-order valence-electron chi connectivity index (χ3n) is 3.39. The lowest BCUT2D eigenvalue weighted by Gasteiger charge is -2.14. The van der Waals surface area contributed by atoms with Crippen LogP contribution in [-0.2, 0) is 14.3 Å². The van der Waals surface area contributed by atoms with Crippen molar-refractivity contribution in [2.45, 2.75) is 16.7 Å². The van der Waals surface area contributed by atoms with Crippen molar-refractivity contribution in [2.24, 2.45) is 0 Å². The third kappa shape index (κ3) is 3.98. The second-order valence-corrected chi connectivity index (χ2v) is 7.35. The Hall–Kier alpha value is -1.83. The van der Waals surface area contributed by atoms with Crippen molar-refractivity contribution in [3.05, 3.63) is 53.6 Å². The van der Waals surface area contributed by atoms with Crippen molar-refractivity contribution in [1.29, 1.82) is 0 Å². The van der Waals surface area contributed by atoms with Crippen LogP contribution in [0.3, 0.4) is 0 Å². The number of ketones is 1. The zero-order valence-electron chi connectivity index (χ0n) is 13.6. The van der Waals surface area contributed by atoms with Gasteiger partial charge in [-0.3, -0.25) is 8.98 Å². The summed E-state index contributed by atoms with van der Waals surface area (Å²) in [7, 11) is -2.71. The van der Waals surface area contributed by atoms with Gasteiger partial charge in [0, 0.05) is 5.56 Å². The predicted octanol–water partition coefficient (Wildman–Crippen LogP) is 3.31. The highest BCUT2D eigenvalue weighted by atomic mass is 32.2. The number of carbonyl (C=O) groups excluding carboxylic acids is 1. The fourth-order valence-electron chi connectivity index (χ4n) is 2.19. The highest BCUT2D eigenvalue weighted by Crippen LogP contribution is 2.37. The fraction of sp³-hybridized carbons (Fsp3) is 0.235. The average molecular weight is 366 g/mol. The van der Waals surface area contributed by atoms with Crippen LogP contribution in [-0.4, -0.2) is 34.2 Å². The van der Waals surface area contributed by atoms with E-state index in [1.807, 2.05) is 13.2 Å². The lowest BCUT2D eigenvalue weighted by Crippen LogP contribution is -2.15. The minimum absolute atomic E-state index is 0.0826. The summed E-state index contributed by atoms with van der Waals surface area (Å²) in [6.07, 6.45) is 1.83. The molecule has 0 atom stereocenters. The molecule has 0 spiro atoms. The van der Waals surface area contributed by atoms with Crippen molar-refractivity contribution < 1.29 is 22.1 Å². The van der Waals surface area contributed by atoms with Gasteiger partial charge in [0.1, 0.15) is 11.5 Å². The number of hydrogen-bond donors (Lipinski definition) is 0. The van der Waals surface area contributed by atoms with Crippen LogP contribution < -0.4 is 4.74 Å². The first-order chi connectivity index (χ1) is 11.4. The highest BCUT2D eigenvalue weighted by Gasteiger charge is 2.25. The molecule has 0 unspecified atom stereocenters. The zero-order valence-corrected chi connectivity index (χ0v) is 15.2. The van der Waals surface area contributed by atoms with Crippen LogP contribution in [0.25, 0.3) is 0 Å². The second kappa shape index (κ2) is 7.83. The van der Waals surface area contributed by atoms with E-state index in [9.17, 15) is 13.2 Å². The first kappa shape index (κ1) is 18.5. The van der Waals surface area contributed by atoms with E-state index in [4.69, 9.17) is 8.92 Å². The van der Waals surface area contributed by atoms with E-state index in [1.165, 1.54) is 24.9 Å². The summed E-state index contributed by atoms with van der Waals surface area (Å²) in [5.41, 5.74) is 1.30. The van der Waals surface area contributed by atoms with Crippen molar-refractivity contribution in [1.82, 2.24) is 0 Å². The number of ether oxygens (including phenoxy) is 1. The molecular weight excluding hydrogens is 348 g/mol. The molecular formula is C17H18O5S2. The summed E-state index contributed by atoms with van der Waals surface area (Å²) in [5.74, 6) is -0.176. The van der Waals surface area contributed by atoms with Gasteiger partial charge in [0.15, 0.2) is 11.5 Å². The molecule has 0 aliphatic heterocycles. The van der Waals surface area contributed by atoms with Gasteiger partial charge in [0.25, 0.3) is 0 Å². The van der Waals surface area contributed by atoms with Crippen LogP contribution in [0, 0.1) is 6.92 Å². The van der Waals surface area contributed by atoms with Crippen LogP contribution >= 0.6 is 11.8 Å². The molecule has 5 nitrogen and oxygen atoms in total. The number of benzene rings is 2. The Balaban J connectivity index is 2.27. The van der Waals surface area contributed by atoms with Crippen LogP contribution in [0.2, 0.25) is 0 Å². The third-order valence-corrected chi connectivity index (χ3v) is 5.60. The summed E-state index contributed by atoms with van der Waals surface area (Å²) in [5, 5.41) is 0. The van der Waals surface area contributed by atoms with Crippen molar-refractivity contribution >= 4 is 27.7 Å². The molecule has 0 N–H and O–H groups in total. The lowest BCUT2D eigenvalue weighted by molar-refractivity contribution is 0.0924. The summed E-state index contributed by atoms with van der Waals surface area (Å²) < 4.78 is 35.1. The van der Waals surface area contributed by atoms with Gasteiger partial charge in [0.2, 0.25) is 0 Å². The monoisotopic (exact) mass is 366 g/mol. The Morgan fingerprint density at radius 2 is 1.79 bits per heavy atom. The number of rotatable bonds is 7. The smallest absolute Gasteiger partial charge is 0.301 e. The average Bonchev–Trinajstić information content (AvgIpc) is 2.59.